The van der Waals surface area contributed by atoms with Gasteiger partial charge >= 0.3 is 0 Å². The van der Waals surface area contributed by atoms with E-state index in [2.05, 4.69) is 54.8 Å². The van der Waals surface area contributed by atoms with Crippen molar-refractivity contribution in [1.82, 2.24) is 9.47 Å². The van der Waals surface area contributed by atoms with Crippen LogP contribution < -0.4 is 4.74 Å². The highest BCUT2D eigenvalue weighted by Gasteiger charge is 2.19. The molecule has 0 bridgehead atoms. The second kappa shape index (κ2) is 6.08. The van der Waals surface area contributed by atoms with E-state index in [-0.39, 0.29) is 12.2 Å². The standard InChI is InChI=1S/C17H24N2O2/c1-13(2)21-17-6-4-5-16-15(17)7-8-19(16)12-14-11-18(3)9-10-20-14/h4-8,13-14H,9-12H2,1-3H3. The van der Waals surface area contributed by atoms with Crippen LogP contribution in [0.15, 0.2) is 30.5 Å². The van der Waals surface area contributed by atoms with Crippen LogP contribution in [0.1, 0.15) is 13.8 Å². The second-order valence-electron chi connectivity index (χ2n) is 6.08. The summed E-state index contributed by atoms with van der Waals surface area (Å²) < 4.78 is 14.0. The van der Waals surface area contributed by atoms with E-state index in [0.29, 0.717) is 0 Å². The lowest BCUT2D eigenvalue weighted by Gasteiger charge is -2.30. The Bertz CT molecular complexity index is 606. The Morgan fingerprint density at radius 3 is 2.95 bits per heavy atom. The largest absolute Gasteiger partial charge is 0.490 e. The predicted molar refractivity (Wildman–Crippen MR) is 84.9 cm³/mol. The molecule has 2 heterocycles. The van der Waals surface area contributed by atoms with Gasteiger partial charge in [0.05, 0.1) is 30.9 Å². The van der Waals surface area contributed by atoms with Crippen molar-refractivity contribution in [1.29, 1.82) is 0 Å². The van der Waals surface area contributed by atoms with Gasteiger partial charge < -0.3 is 18.9 Å². The van der Waals surface area contributed by atoms with Gasteiger partial charge in [0.25, 0.3) is 0 Å². The molecule has 1 aromatic heterocycles. The van der Waals surface area contributed by atoms with Gasteiger partial charge in [-0.05, 0) is 39.1 Å². The average molecular weight is 288 g/mol. The lowest BCUT2D eigenvalue weighted by Crippen LogP contribution is -2.41. The maximum absolute atomic E-state index is 5.90. The highest BCUT2D eigenvalue weighted by atomic mass is 16.5. The molecular weight excluding hydrogens is 264 g/mol. The summed E-state index contributed by atoms with van der Waals surface area (Å²) in [4.78, 5) is 2.33. The molecule has 0 N–H and O–H groups in total. The van der Waals surface area contributed by atoms with Crippen LogP contribution in [-0.4, -0.2) is 48.4 Å². The Morgan fingerprint density at radius 1 is 1.33 bits per heavy atom. The molecule has 1 aliphatic rings. The normalized spacial score (nSPS) is 20.3. The van der Waals surface area contributed by atoms with Crippen LogP contribution in [0.4, 0.5) is 0 Å². The van der Waals surface area contributed by atoms with Crippen molar-refractivity contribution in [3.05, 3.63) is 30.5 Å². The zero-order valence-corrected chi connectivity index (χ0v) is 13.1. The van der Waals surface area contributed by atoms with Crippen molar-refractivity contribution in [2.75, 3.05) is 26.7 Å². The van der Waals surface area contributed by atoms with Crippen LogP contribution in [-0.2, 0) is 11.3 Å². The van der Waals surface area contributed by atoms with Gasteiger partial charge in [0.2, 0.25) is 0 Å². The third-order valence-electron chi connectivity index (χ3n) is 3.88. The highest BCUT2D eigenvalue weighted by Crippen LogP contribution is 2.27. The van der Waals surface area contributed by atoms with Gasteiger partial charge in [0.1, 0.15) is 5.75 Å². The molecule has 0 aliphatic carbocycles. The molecule has 0 saturated carbocycles. The number of benzene rings is 1. The highest BCUT2D eigenvalue weighted by molar-refractivity contribution is 5.86. The maximum Gasteiger partial charge on any atom is 0.129 e. The number of aromatic nitrogens is 1. The van der Waals surface area contributed by atoms with Gasteiger partial charge in [-0.15, -0.1) is 0 Å². The maximum atomic E-state index is 5.90. The summed E-state index contributed by atoms with van der Waals surface area (Å²) in [7, 11) is 2.15. The molecule has 1 aromatic carbocycles. The number of morpholine rings is 1. The average Bonchev–Trinajstić information content (AvgIpc) is 2.83. The van der Waals surface area contributed by atoms with E-state index in [4.69, 9.17) is 9.47 Å². The van der Waals surface area contributed by atoms with Crippen molar-refractivity contribution in [2.45, 2.75) is 32.6 Å². The minimum Gasteiger partial charge on any atom is -0.490 e. The number of rotatable bonds is 4. The van der Waals surface area contributed by atoms with Gasteiger partial charge in [-0.1, -0.05) is 6.07 Å². The molecule has 4 nitrogen and oxygen atoms in total. The molecule has 1 aliphatic heterocycles. The predicted octanol–water partition coefficient (Wildman–Crippen LogP) is 2.76. The van der Waals surface area contributed by atoms with Gasteiger partial charge in [-0.3, -0.25) is 0 Å². The fourth-order valence-electron chi connectivity index (χ4n) is 2.91. The van der Waals surface area contributed by atoms with Crippen LogP contribution >= 0.6 is 0 Å². The molecule has 114 valence electrons. The topological polar surface area (TPSA) is 26.6 Å². The summed E-state index contributed by atoms with van der Waals surface area (Å²) in [6.45, 7) is 7.83. The molecule has 1 atom stereocenters. The zero-order chi connectivity index (χ0) is 14.8. The number of likely N-dealkylation sites (N-methyl/N-ethyl adjacent to an activating group) is 1. The van der Waals surface area contributed by atoms with Gasteiger partial charge in [-0.2, -0.15) is 0 Å². The van der Waals surface area contributed by atoms with E-state index < -0.39 is 0 Å². The van der Waals surface area contributed by atoms with Crippen LogP contribution in [0.3, 0.4) is 0 Å². The number of hydrogen-bond acceptors (Lipinski definition) is 3. The number of ether oxygens (including phenoxy) is 2. The third kappa shape index (κ3) is 3.22. The molecule has 1 saturated heterocycles. The molecule has 0 amide bonds. The van der Waals surface area contributed by atoms with Gasteiger partial charge in [0, 0.05) is 24.7 Å². The smallest absolute Gasteiger partial charge is 0.129 e. The summed E-state index contributed by atoms with van der Waals surface area (Å²) in [5.74, 6) is 0.961. The molecule has 4 heteroatoms. The summed E-state index contributed by atoms with van der Waals surface area (Å²) in [6, 6.07) is 8.39. The first kappa shape index (κ1) is 14.4. The fraction of sp³-hybridized carbons (Fsp3) is 0.529. The van der Waals surface area contributed by atoms with Crippen molar-refractivity contribution in [2.24, 2.45) is 0 Å². The second-order valence-corrected chi connectivity index (χ2v) is 6.08. The molecule has 0 spiro atoms. The van der Waals surface area contributed by atoms with E-state index >= 15 is 0 Å². The number of hydrogen-bond donors (Lipinski definition) is 0. The van der Waals surface area contributed by atoms with E-state index in [1.807, 2.05) is 6.07 Å². The first-order chi connectivity index (χ1) is 10.1. The molecule has 3 rings (SSSR count). The van der Waals surface area contributed by atoms with Crippen LogP contribution in [0.2, 0.25) is 0 Å². The minimum atomic E-state index is 0.189. The molecule has 1 fully saturated rings. The quantitative estimate of drug-likeness (QED) is 0.865. The minimum absolute atomic E-state index is 0.189. The summed E-state index contributed by atoms with van der Waals surface area (Å²) >= 11 is 0. The molecule has 0 radical (unpaired) electrons. The van der Waals surface area contributed by atoms with Gasteiger partial charge in [-0.25, -0.2) is 0 Å². The Balaban J connectivity index is 1.83. The zero-order valence-electron chi connectivity index (χ0n) is 13.1. The Morgan fingerprint density at radius 2 is 2.19 bits per heavy atom. The Hall–Kier alpha value is -1.52. The molecular formula is C17H24N2O2. The number of nitrogens with zero attached hydrogens (tertiary/aromatic N) is 2. The van der Waals surface area contributed by atoms with Crippen LogP contribution in [0, 0.1) is 0 Å². The van der Waals surface area contributed by atoms with Gasteiger partial charge in [0.15, 0.2) is 0 Å². The van der Waals surface area contributed by atoms with Crippen molar-refractivity contribution in [3.8, 4) is 5.75 Å². The summed E-state index contributed by atoms with van der Waals surface area (Å²) in [5.41, 5.74) is 1.21. The van der Waals surface area contributed by atoms with Crippen LogP contribution in [0.25, 0.3) is 10.9 Å². The van der Waals surface area contributed by atoms with Crippen molar-refractivity contribution < 1.29 is 9.47 Å². The van der Waals surface area contributed by atoms with E-state index in [1.165, 1.54) is 10.9 Å². The van der Waals surface area contributed by atoms with E-state index in [9.17, 15) is 0 Å². The number of fused-ring (bicyclic) bond motifs is 1. The monoisotopic (exact) mass is 288 g/mol. The molecule has 1 unspecified atom stereocenters. The first-order valence-electron chi connectivity index (χ1n) is 7.68. The first-order valence-corrected chi connectivity index (χ1v) is 7.68. The van der Waals surface area contributed by atoms with Crippen molar-refractivity contribution in [3.63, 3.8) is 0 Å². The summed E-state index contributed by atoms with van der Waals surface area (Å²) in [5, 5.41) is 1.18. The van der Waals surface area contributed by atoms with E-state index in [0.717, 1.165) is 32.0 Å². The van der Waals surface area contributed by atoms with Crippen LogP contribution in [0.5, 0.6) is 5.75 Å². The molecule has 21 heavy (non-hydrogen) atoms. The Kier molecular flexibility index (Phi) is 4.17. The SMILES string of the molecule is CC(C)Oc1cccc2c1ccn2CC1CN(C)CCO1. The van der Waals surface area contributed by atoms with Crippen molar-refractivity contribution >= 4 is 10.9 Å². The third-order valence-corrected chi connectivity index (χ3v) is 3.88. The Labute approximate surface area is 126 Å². The molecule has 2 aromatic rings. The fourth-order valence-corrected chi connectivity index (χ4v) is 2.91. The lowest BCUT2D eigenvalue weighted by molar-refractivity contribution is -0.0269. The lowest BCUT2D eigenvalue weighted by atomic mass is 10.2. The van der Waals surface area contributed by atoms with E-state index in [1.54, 1.807) is 0 Å². The summed E-state index contributed by atoms with van der Waals surface area (Å²) in [6.07, 6.45) is 2.58.